The summed E-state index contributed by atoms with van der Waals surface area (Å²) in [5.74, 6) is 0.509. The van der Waals surface area contributed by atoms with Gasteiger partial charge in [0, 0.05) is 42.6 Å². The zero-order chi connectivity index (χ0) is 21.2. The van der Waals surface area contributed by atoms with E-state index in [0.717, 1.165) is 30.2 Å². The lowest BCUT2D eigenvalue weighted by atomic mass is 9.92. The molecule has 0 radical (unpaired) electrons. The zero-order valence-electron chi connectivity index (χ0n) is 17.7. The fraction of sp³-hybridized carbons (Fsp3) is 0.391. The molecule has 1 N–H and O–H groups in total. The molecule has 7 heteroatoms. The average molecular weight is 403 g/mol. The molecule has 0 unspecified atom stereocenters. The van der Waals surface area contributed by atoms with Gasteiger partial charge in [0.25, 0.3) is 5.56 Å². The summed E-state index contributed by atoms with van der Waals surface area (Å²) in [6, 6.07) is 3.93. The van der Waals surface area contributed by atoms with Crippen LogP contribution in [0.3, 0.4) is 0 Å². The molecule has 5 rings (SSSR count). The van der Waals surface area contributed by atoms with Gasteiger partial charge in [-0.15, -0.1) is 0 Å². The van der Waals surface area contributed by atoms with Crippen LogP contribution in [-0.2, 0) is 7.05 Å². The minimum atomic E-state index is -0.0511. The average Bonchev–Trinajstić information content (AvgIpc) is 3.26. The highest BCUT2D eigenvalue weighted by Gasteiger charge is 2.32. The number of benzene rings is 1. The Morgan fingerprint density at radius 2 is 2.10 bits per heavy atom. The Morgan fingerprint density at radius 3 is 2.83 bits per heavy atom. The van der Waals surface area contributed by atoms with Crippen LogP contribution in [0.5, 0.6) is 5.75 Å². The summed E-state index contributed by atoms with van der Waals surface area (Å²) >= 11 is 0. The van der Waals surface area contributed by atoms with Crippen LogP contribution in [0.2, 0.25) is 0 Å². The maximum Gasteiger partial charge on any atom is 0.261 e. The lowest BCUT2D eigenvalue weighted by Gasteiger charge is -2.19. The second-order valence-electron chi connectivity index (χ2n) is 9.22. The largest absolute Gasteiger partial charge is 0.507 e. The number of hydrogen-bond donors (Lipinski definition) is 1. The summed E-state index contributed by atoms with van der Waals surface area (Å²) in [4.78, 5) is 22.1. The number of phenolic OH excluding ortho intramolecular Hbond substituents is 1. The third kappa shape index (κ3) is 2.88. The fourth-order valence-corrected chi connectivity index (χ4v) is 4.71. The number of aromatic hydroxyl groups is 1. The van der Waals surface area contributed by atoms with Gasteiger partial charge in [0.1, 0.15) is 5.75 Å². The Morgan fingerprint density at radius 1 is 1.30 bits per heavy atom. The van der Waals surface area contributed by atoms with Crippen molar-refractivity contribution in [2.45, 2.75) is 46.1 Å². The topological polar surface area (TPSA) is 85.8 Å². The first kappa shape index (κ1) is 18.8. The van der Waals surface area contributed by atoms with E-state index in [9.17, 15) is 9.90 Å². The van der Waals surface area contributed by atoms with Crippen molar-refractivity contribution in [1.82, 2.24) is 24.3 Å². The van der Waals surface area contributed by atoms with Crippen LogP contribution >= 0.6 is 0 Å². The smallest absolute Gasteiger partial charge is 0.261 e. The summed E-state index contributed by atoms with van der Waals surface area (Å²) in [5.41, 5.74) is 2.77. The van der Waals surface area contributed by atoms with Crippen molar-refractivity contribution in [3.63, 3.8) is 0 Å². The number of rotatable bonds is 2. The van der Waals surface area contributed by atoms with E-state index in [1.807, 2.05) is 43.1 Å². The van der Waals surface area contributed by atoms with Crippen molar-refractivity contribution in [2.75, 3.05) is 0 Å². The number of hydrogen-bond acceptors (Lipinski definition) is 5. The first-order valence-corrected chi connectivity index (χ1v) is 10.3. The Hall–Kier alpha value is -3.22. The number of fused-ring (bicyclic) bond motifs is 2. The van der Waals surface area contributed by atoms with Crippen LogP contribution in [0, 0.1) is 12.3 Å². The molecule has 0 saturated heterocycles. The quantitative estimate of drug-likeness (QED) is 0.544. The van der Waals surface area contributed by atoms with Gasteiger partial charge in [0.2, 0.25) is 0 Å². The van der Waals surface area contributed by atoms with E-state index < -0.39 is 0 Å². The van der Waals surface area contributed by atoms with Crippen molar-refractivity contribution < 1.29 is 5.11 Å². The zero-order valence-corrected chi connectivity index (χ0v) is 17.7. The van der Waals surface area contributed by atoms with Crippen LogP contribution in [0.25, 0.3) is 33.2 Å². The Kier molecular flexibility index (Phi) is 4.00. The highest BCUT2D eigenvalue weighted by Crippen LogP contribution is 2.43. The minimum absolute atomic E-state index is 0.0511. The monoisotopic (exact) mass is 403 g/mol. The van der Waals surface area contributed by atoms with Crippen LogP contribution in [0.1, 0.15) is 44.7 Å². The predicted octanol–water partition coefficient (Wildman–Crippen LogP) is 4.11. The third-order valence-electron chi connectivity index (χ3n) is 6.38. The second kappa shape index (κ2) is 6.39. The van der Waals surface area contributed by atoms with E-state index in [2.05, 4.69) is 28.9 Å². The van der Waals surface area contributed by atoms with Crippen LogP contribution < -0.4 is 5.56 Å². The molecular weight excluding hydrogens is 378 g/mol. The molecule has 7 nitrogen and oxygen atoms in total. The van der Waals surface area contributed by atoms with Gasteiger partial charge in [-0.2, -0.15) is 5.10 Å². The molecule has 154 valence electrons. The van der Waals surface area contributed by atoms with Gasteiger partial charge < -0.3 is 9.67 Å². The van der Waals surface area contributed by atoms with E-state index in [0.29, 0.717) is 27.9 Å². The maximum atomic E-state index is 13.1. The lowest BCUT2D eigenvalue weighted by molar-refractivity contribution is 0.357. The molecule has 1 aromatic carbocycles. The molecule has 1 aliphatic carbocycles. The molecule has 0 amide bonds. The molecule has 30 heavy (non-hydrogen) atoms. The van der Waals surface area contributed by atoms with E-state index in [1.165, 1.54) is 0 Å². The molecule has 1 saturated carbocycles. The third-order valence-corrected chi connectivity index (χ3v) is 6.38. The van der Waals surface area contributed by atoms with Gasteiger partial charge in [0.15, 0.2) is 5.82 Å². The molecule has 1 atom stereocenters. The maximum absolute atomic E-state index is 13.1. The van der Waals surface area contributed by atoms with Gasteiger partial charge in [-0.05, 0) is 43.7 Å². The van der Waals surface area contributed by atoms with Crippen molar-refractivity contribution in [3.8, 4) is 17.1 Å². The summed E-state index contributed by atoms with van der Waals surface area (Å²) in [6.07, 6.45) is 8.45. The van der Waals surface area contributed by atoms with Crippen molar-refractivity contribution in [3.05, 3.63) is 46.6 Å². The van der Waals surface area contributed by atoms with Gasteiger partial charge in [-0.1, -0.05) is 13.8 Å². The van der Waals surface area contributed by atoms with Crippen LogP contribution in [0.4, 0.5) is 0 Å². The van der Waals surface area contributed by atoms with E-state index in [1.54, 1.807) is 10.9 Å². The number of aryl methyl sites for hydroxylation is 2. The molecule has 1 aliphatic rings. The minimum Gasteiger partial charge on any atom is -0.507 e. The summed E-state index contributed by atoms with van der Waals surface area (Å²) in [6.45, 7) is 6.33. The van der Waals surface area contributed by atoms with E-state index in [-0.39, 0.29) is 22.8 Å². The summed E-state index contributed by atoms with van der Waals surface area (Å²) in [5, 5.41) is 16.5. The molecule has 1 fully saturated rings. The van der Waals surface area contributed by atoms with Crippen LogP contribution in [0.15, 0.2) is 35.5 Å². The number of pyridine rings is 1. The fourth-order valence-electron chi connectivity index (χ4n) is 4.71. The normalized spacial score (nSPS) is 18.5. The summed E-state index contributed by atoms with van der Waals surface area (Å²) in [7, 11) is 1.85. The van der Waals surface area contributed by atoms with Crippen molar-refractivity contribution >= 4 is 21.8 Å². The SMILES string of the molecule is Cc1c(O)c(-c2ncc3c(=O)n([C@H]4CCC(C)(C)C4)ccc3n2)cc2cn(C)nc12. The first-order chi connectivity index (χ1) is 14.2. The molecule has 0 aliphatic heterocycles. The van der Waals surface area contributed by atoms with Crippen molar-refractivity contribution in [2.24, 2.45) is 12.5 Å². The lowest BCUT2D eigenvalue weighted by Crippen LogP contribution is -2.24. The molecule has 4 aromatic rings. The molecule has 0 bridgehead atoms. The second-order valence-corrected chi connectivity index (χ2v) is 9.22. The predicted molar refractivity (Wildman–Crippen MR) is 117 cm³/mol. The van der Waals surface area contributed by atoms with E-state index in [4.69, 9.17) is 0 Å². The summed E-state index contributed by atoms with van der Waals surface area (Å²) < 4.78 is 3.55. The van der Waals surface area contributed by atoms with Gasteiger partial charge in [-0.3, -0.25) is 9.48 Å². The van der Waals surface area contributed by atoms with Gasteiger partial charge in [-0.25, -0.2) is 9.97 Å². The number of aromatic nitrogens is 5. The van der Waals surface area contributed by atoms with E-state index >= 15 is 0 Å². The first-order valence-electron chi connectivity index (χ1n) is 10.3. The Bertz CT molecular complexity index is 1370. The Balaban J connectivity index is 1.61. The highest BCUT2D eigenvalue weighted by molar-refractivity contribution is 5.90. The standard InChI is InChI=1S/C23H25N5O2/c1-13-19-14(12-27(4)26-19)9-16(20(13)29)21-24-11-17-18(25-21)6-8-28(22(17)30)15-5-7-23(2,3)10-15/h6,8-9,11-12,15,29H,5,7,10H2,1-4H3/t15-/m0/s1. The van der Waals surface area contributed by atoms with Crippen molar-refractivity contribution in [1.29, 1.82) is 0 Å². The molecule has 3 aromatic heterocycles. The molecule has 3 heterocycles. The highest BCUT2D eigenvalue weighted by atomic mass is 16.3. The van der Waals surface area contributed by atoms with Gasteiger partial charge in [0.05, 0.1) is 22.0 Å². The Labute approximate surface area is 174 Å². The van der Waals surface area contributed by atoms with Crippen LogP contribution in [-0.4, -0.2) is 29.4 Å². The molecule has 0 spiro atoms. The number of nitrogens with zero attached hydrogens (tertiary/aromatic N) is 5. The number of phenols is 1. The molecular formula is C23H25N5O2. The van der Waals surface area contributed by atoms with Gasteiger partial charge >= 0.3 is 0 Å².